The number of benzene rings is 1. The lowest BCUT2D eigenvalue weighted by Gasteiger charge is -2.23. The molecule has 1 fully saturated rings. The second-order valence-electron chi connectivity index (χ2n) is 5.97. The van der Waals surface area contributed by atoms with E-state index >= 15 is 0 Å². The van der Waals surface area contributed by atoms with Gasteiger partial charge in [-0.25, -0.2) is 0 Å². The fourth-order valence-electron chi connectivity index (χ4n) is 3.10. The Morgan fingerprint density at radius 1 is 1.43 bits per heavy atom. The van der Waals surface area contributed by atoms with Crippen LogP contribution in [0.25, 0.3) is 0 Å². The highest BCUT2D eigenvalue weighted by molar-refractivity contribution is 5.31. The van der Waals surface area contributed by atoms with Gasteiger partial charge in [-0.15, -0.1) is 0 Å². The Morgan fingerprint density at radius 3 is 3.09 bits per heavy atom. The Hall–Kier alpha value is -1.92. The number of aromatic nitrogens is 2. The summed E-state index contributed by atoms with van der Waals surface area (Å²) >= 11 is 0. The predicted octanol–water partition coefficient (Wildman–Crippen LogP) is 2.34. The summed E-state index contributed by atoms with van der Waals surface area (Å²) in [6.07, 6.45) is 2.14. The van der Waals surface area contributed by atoms with Crippen molar-refractivity contribution in [3.63, 3.8) is 0 Å². The largest absolute Gasteiger partial charge is 0.497 e. The monoisotopic (exact) mass is 317 g/mol. The van der Waals surface area contributed by atoms with Gasteiger partial charge >= 0.3 is 0 Å². The normalized spacial score (nSPS) is 21.7. The maximum absolute atomic E-state index is 10.1. The van der Waals surface area contributed by atoms with Crippen molar-refractivity contribution in [2.24, 2.45) is 0 Å². The molecule has 6 nitrogen and oxygen atoms in total. The smallest absolute Gasteiger partial charge is 0.226 e. The van der Waals surface area contributed by atoms with Crippen LogP contribution in [0.15, 0.2) is 28.8 Å². The number of likely N-dealkylation sites (tertiary alicyclic amines) is 1. The van der Waals surface area contributed by atoms with Gasteiger partial charge in [0.1, 0.15) is 5.75 Å². The Morgan fingerprint density at radius 2 is 2.30 bits per heavy atom. The number of ether oxygens (including phenoxy) is 1. The molecule has 0 bridgehead atoms. The molecule has 3 rings (SSSR count). The van der Waals surface area contributed by atoms with E-state index in [9.17, 15) is 5.11 Å². The molecule has 0 aliphatic carbocycles. The standard InChI is InChI=1S/C17H23N3O3/c1-3-5-17-18-16(19-23-17)11-20-10-13(21)9-15(20)12-6-4-7-14(8-12)22-2/h4,6-8,13,15,21H,3,5,9-11H2,1-2H3/t13-,15+/m0/s1. The van der Waals surface area contributed by atoms with Gasteiger partial charge in [-0.2, -0.15) is 4.98 Å². The first-order valence-corrected chi connectivity index (χ1v) is 8.07. The van der Waals surface area contributed by atoms with Crippen LogP contribution in [-0.2, 0) is 13.0 Å². The van der Waals surface area contributed by atoms with Crippen molar-refractivity contribution in [3.8, 4) is 5.75 Å². The zero-order chi connectivity index (χ0) is 16.2. The Bertz CT molecular complexity index is 644. The molecule has 0 spiro atoms. The van der Waals surface area contributed by atoms with E-state index in [1.165, 1.54) is 0 Å². The number of aliphatic hydroxyl groups excluding tert-OH is 1. The molecule has 2 heterocycles. The summed E-state index contributed by atoms with van der Waals surface area (Å²) in [6, 6.07) is 8.12. The second-order valence-corrected chi connectivity index (χ2v) is 5.97. The zero-order valence-corrected chi connectivity index (χ0v) is 13.6. The third-order valence-corrected chi connectivity index (χ3v) is 4.18. The molecule has 0 radical (unpaired) electrons. The summed E-state index contributed by atoms with van der Waals surface area (Å²) in [4.78, 5) is 6.62. The Labute approximate surface area is 136 Å². The average Bonchev–Trinajstić information content (AvgIpc) is 3.15. The van der Waals surface area contributed by atoms with Gasteiger partial charge in [-0.1, -0.05) is 24.2 Å². The van der Waals surface area contributed by atoms with Gasteiger partial charge in [0, 0.05) is 19.0 Å². The lowest BCUT2D eigenvalue weighted by molar-refractivity contribution is 0.170. The minimum absolute atomic E-state index is 0.133. The van der Waals surface area contributed by atoms with Crippen LogP contribution < -0.4 is 4.74 Å². The van der Waals surface area contributed by atoms with Crippen LogP contribution in [-0.4, -0.2) is 39.9 Å². The molecule has 1 saturated heterocycles. The third-order valence-electron chi connectivity index (χ3n) is 4.18. The van der Waals surface area contributed by atoms with E-state index in [1.807, 2.05) is 18.2 Å². The molecule has 1 aliphatic heterocycles. The highest BCUT2D eigenvalue weighted by Gasteiger charge is 2.33. The van der Waals surface area contributed by atoms with E-state index in [0.29, 0.717) is 31.2 Å². The van der Waals surface area contributed by atoms with Crippen molar-refractivity contribution in [1.29, 1.82) is 0 Å². The average molecular weight is 317 g/mol. The summed E-state index contributed by atoms with van der Waals surface area (Å²) in [5, 5.41) is 14.1. The highest BCUT2D eigenvalue weighted by atomic mass is 16.5. The SMILES string of the molecule is CCCc1nc(CN2C[C@@H](O)C[C@@H]2c2cccc(OC)c2)no1. The maximum atomic E-state index is 10.1. The first kappa shape index (κ1) is 16.0. The van der Waals surface area contributed by atoms with Crippen molar-refractivity contribution in [3.05, 3.63) is 41.5 Å². The predicted molar refractivity (Wildman–Crippen MR) is 85.1 cm³/mol. The van der Waals surface area contributed by atoms with Gasteiger partial charge in [-0.05, 0) is 30.5 Å². The van der Waals surface area contributed by atoms with Gasteiger partial charge in [0.25, 0.3) is 0 Å². The van der Waals surface area contributed by atoms with Crippen molar-refractivity contribution in [2.75, 3.05) is 13.7 Å². The number of β-amino-alcohol motifs (C(OH)–C–C–N with tert-alkyl or cyclic N) is 1. The van der Waals surface area contributed by atoms with Gasteiger partial charge < -0.3 is 14.4 Å². The molecule has 2 aromatic rings. The molecule has 1 aliphatic rings. The summed E-state index contributed by atoms with van der Waals surface area (Å²) in [6.45, 7) is 3.27. The molecule has 124 valence electrons. The topological polar surface area (TPSA) is 71.6 Å². The van der Waals surface area contributed by atoms with Crippen molar-refractivity contribution < 1.29 is 14.4 Å². The lowest BCUT2D eigenvalue weighted by atomic mass is 10.0. The van der Waals surface area contributed by atoms with Crippen molar-refractivity contribution in [1.82, 2.24) is 15.0 Å². The lowest BCUT2D eigenvalue weighted by Crippen LogP contribution is -2.25. The van der Waals surface area contributed by atoms with E-state index in [1.54, 1.807) is 7.11 Å². The number of rotatable bonds is 6. The molecule has 2 atom stereocenters. The van der Waals surface area contributed by atoms with Crippen LogP contribution >= 0.6 is 0 Å². The summed E-state index contributed by atoms with van der Waals surface area (Å²) in [7, 11) is 1.66. The summed E-state index contributed by atoms with van der Waals surface area (Å²) in [5.74, 6) is 2.18. The molecule has 23 heavy (non-hydrogen) atoms. The molecule has 1 aromatic heterocycles. The van der Waals surface area contributed by atoms with E-state index in [4.69, 9.17) is 9.26 Å². The quantitative estimate of drug-likeness (QED) is 0.882. The van der Waals surface area contributed by atoms with Crippen LogP contribution in [0.5, 0.6) is 5.75 Å². The van der Waals surface area contributed by atoms with Crippen LogP contribution in [0.2, 0.25) is 0 Å². The highest BCUT2D eigenvalue weighted by Crippen LogP contribution is 2.34. The van der Waals surface area contributed by atoms with Crippen LogP contribution in [0, 0.1) is 0 Å². The summed E-state index contributed by atoms with van der Waals surface area (Å²) in [5.41, 5.74) is 1.14. The number of nitrogens with zero attached hydrogens (tertiary/aromatic N) is 3. The molecule has 6 heteroatoms. The molecular weight excluding hydrogens is 294 g/mol. The van der Waals surface area contributed by atoms with E-state index < -0.39 is 0 Å². The van der Waals surface area contributed by atoms with Crippen molar-refractivity contribution >= 4 is 0 Å². The molecule has 0 saturated carbocycles. The van der Waals surface area contributed by atoms with Gasteiger partial charge in [0.2, 0.25) is 5.89 Å². The molecule has 1 N–H and O–H groups in total. The van der Waals surface area contributed by atoms with Gasteiger partial charge in [0.15, 0.2) is 5.82 Å². The second kappa shape index (κ2) is 7.10. The van der Waals surface area contributed by atoms with Crippen molar-refractivity contribution in [2.45, 2.75) is 44.9 Å². The minimum Gasteiger partial charge on any atom is -0.497 e. The minimum atomic E-state index is -0.340. The number of aliphatic hydroxyl groups is 1. The number of hydrogen-bond donors (Lipinski definition) is 1. The molecule has 1 aromatic carbocycles. The molecule has 0 unspecified atom stereocenters. The first-order valence-electron chi connectivity index (χ1n) is 8.07. The third kappa shape index (κ3) is 3.71. The van der Waals surface area contributed by atoms with Crippen LogP contribution in [0.1, 0.15) is 43.1 Å². The fourth-order valence-corrected chi connectivity index (χ4v) is 3.10. The maximum Gasteiger partial charge on any atom is 0.226 e. The molecular formula is C17H23N3O3. The van der Waals surface area contributed by atoms with E-state index in [-0.39, 0.29) is 12.1 Å². The van der Waals surface area contributed by atoms with Crippen LogP contribution in [0.3, 0.4) is 0 Å². The fraction of sp³-hybridized carbons (Fsp3) is 0.529. The summed E-state index contributed by atoms with van der Waals surface area (Å²) < 4.78 is 10.6. The van der Waals surface area contributed by atoms with Crippen LogP contribution in [0.4, 0.5) is 0 Å². The van der Waals surface area contributed by atoms with Gasteiger partial charge in [-0.3, -0.25) is 4.90 Å². The Balaban J connectivity index is 1.76. The molecule has 0 amide bonds. The zero-order valence-electron chi connectivity index (χ0n) is 13.6. The van der Waals surface area contributed by atoms with E-state index in [2.05, 4.69) is 28.0 Å². The number of methoxy groups -OCH3 is 1. The number of hydrogen-bond acceptors (Lipinski definition) is 6. The van der Waals surface area contributed by atoms with E-state index in [0.717, 1.165) is 24.2 Å². The Kier molecular flexibility index (Phi) is 4.93. The number of aryl methyl sites for hydroxylation is 1. The first-order chi connectivity index (χ1) is 11.2. The van der Waals surface area contributed by atoms with Gasteiger partial charge in [0.05, 0.1) is 19.8 Å².